The van der Waals surface area contributed by atoms with E-state index in [-0.39, 0.29) is 19.1 Å². The highest BCUT2D eigenvalue weighted by Crippen LogP contribution is 2.27. The number of rotatable bonds is 5. The largest absolute Gasteiger partial charge is 0.460 e. The van der Waals surface area contributed by atoms with Crippen LogP contribution in [0, 0.1) is 19.8 Å². The maximum Gasteiger partial charge on any atom is 0.310 e. The Labute approximate surface area is 150 Å². The summed E-state index contributed by atoms with van der Waals surface area (Å²) >= 11 is 1.18. The minimum atomic E-state index is -3.54. The van der Waals surface area contributed by atoms with Crippen LogP contribution < -0.4 is 0 Å². The van der Waals surface area contributed by atoms with Crippen molar-refractivity contribution in [3.05, 3.63) is 34.5 Å². The van der Waals surface area contributed by atoms with Gasteiger partial charge in [0.15, 0.2) is 0 Å². The van der Waals surface area contributed by atoms with E-state index in [1.165, 1.54) is 15.6 Å². The van der Waals surface area contributed by atoms with Gasteiger partial charge in [-0.1, -0.05) is 11.2 Å². The van der Waals surface area contributed by atoms with Gasteiger partial charge in [-0.05, 0) is 38.1 Å². The molecule has 0 aromatic carbocycles. The molecule has 0 radical (unpaired) electrons. The molecule has 3 heterocycles. The van der Waals surface area contributed by atoms with Gasteiger partial charge in [0.25, 0.3) is 10.0 Å². The van der Waals surface area contributed by atoms with Crippen molar-refractivity contribution in [3.8, 4) is 0 Å². The number of aromatic nitrogens is 1. The first-order valence-corrected chi connectivity index (χ1v) is 10.3. The van der Waals surface area contributed by atoms with Crippen LogP contribution in [0.2, 0.25) is 0 Å². The summed E-state index contributed by atoms with van der Waals surface area (Å²) in [5.41, 5.74) is 1.45. The standard InChI is InChI=1S/C16H20N2O5S2/c1-11-14(12(2)23-17-11)10-22-16(19)13-5-3-7-18(9-13)25(20,21)15-6-4-8-24-15/h4,6,8,13H,3,5,7,9-10H2,1-2H3. The van der Waals surface area contributed by atoms with E-state index in [0.717, 1.165) is 5.56 Å². The van der Waals surface area contributed by atoms with Gasteiger partial charge >= 0.3 is 5.97 Å². The molecule has 0 bridgehead atoms. The lowest BCUT2D eigenvalue weighted by atomic mass is 10.00. The number of sulfonamides is 1. The second kappa shape index (κ2) is 7.27. The molecule has 1 saturated heterocycles. The number of nitrogens with zero attached hydrogens (tertiary/aromatic N) is 2. The normalized spacial score (nSPS) is 19.0. The molecule has 1 unspecified atom stereocenters. The Morgan fingerprint density at radius 3 is 2.92 bits per heavy atom. The second-order valence-corrected chi connectivity index (χ2v) is 9.16. The van der Waals surface area contributed by atoms with Crippen molar-refractivity contribution >= 4 is 27.3 Å². The van der Waals surface area contributed by atoms with Gasteiger partial charge in [-0.15, -0.1) is 11.3 Å². The summed E-state index contributed by atoms with van der Waals surface area (Å²) in [6, 6.07) is 3.29. The van der Waals surface area contributed by atoms with Crippen molar-refractivity contribution in [1.29, 1.82) is 0 Å². The number of hydrogen-bond donors (Lipinski definition) is 0. The van der Waals surface area contributed by atoms with Gasteiger partial charge in [0.05, 0.1) is 17.2 Å². The maximum absolute atomic E-state index is 12.6. The van der Waals surface area contributed by atoms with Crippen LogP contribution in [0.3, 0.4) is 0 Å². The fraction of sp³-hybridized carbons (Fsp3) is 0.500. The fourth-order valence-corrected chi connectivity index (χ4v) is 5.53. The smallest absolute Gasteiger partial charge is 0.310 e. The van der Waals surface area contributed by atoms with Crippen molar-refractivity contribution in [1.82, 2.24) is 9.46 Å². The summed E-state index contributed by atoms with van der Waals surface area (Å²) in [4.78, 5) is 12.4. The summed E-state index contributed by atoms with van der Waals surface area (Å²) in [7, 11) is -3.54. The van der Waals surface area contributed by atoms with Gasteiger partial charge < -0.3 is 9.26 Å². The zero-order valence-electron chi connectivity index (χ0n) is 14.1. The molecule has 136 valence electrons. The lowest BCUT2D eigenvalue weighted by molar-refractivity contribution is -0.151. The minimum Gasteiger partial charge on any atom is -0.460 e. The molecule has 0 N–H and O–H groups in total. The molecule has 0 aliphatic carbocycles. The third-order valence-corrected chi connectivity index (χ3v) is 7.58. The van der Waals surface area contributed by atoms with E-state index in [9.17, 15) is 13.2 Å². The van der Waals surface area contributed by atoms with E-state index >= 15 is 0 Å². The van der Waals surface area contributed by atoms with Crippen molar-refractivity contribution in [2.75, 3.05) is 13.1 Å². The summed E-state index contributed by atoms with van der Waals surface area (Å²) in [5, 5.41) is 5.56. The van der Waals surface area contributed by atoms with Gasteiger partial charge in [0.1, 0.15) is 16.6 Å². The molecule has 0 spiro atoms. The van der Waals surface area contributed by atoms with Crippen LogP contribution >= 0.6 is 11.3 Å². The summed E-state index contributed by atoms with van der Waals surface area (Å²) in [5.74, 6) is -0.217. The number of ether oxygens (including phenoxy) is 1. The molecule has 3 rings (SSSR count). The van der Waals surface area contributed by atoms with E-state index < -0.39 is 15.9 Å². The van der Waals surface area contributed by atoms with Gasteiger partial charge in [0.2, 0.25) is 0 Å². The molecule has 1 aliphatic heterocycles. The topological polar surface area (TPSA) is 89.7 Å². The molecule has 1 atom stereocenters. The molecule has 0 amide bonds. The number of hydrogen-bond acceptors (Lipinski definition) is 7. The highest BCUT2D eigenvalue weighted by Gasteiger charge is 2.34. The molecule has 0 saturated carbocycles. The lowest BCUT2D eigenvalue weighted by Gasteiger charge is -2.30. The monoisotopic (exact) mass is 384 g/mol. The number of carbonyl (C=O) groups is 1. The lowest BCUT2D eigenvalue weighted by Crippen LogP contribution is -2.42. The van der Waals surface area contributed by atoms with E-state index in [1.54, 1.807) is 31.4 Å². The van der Waals surface area contributed by atoms with Crippen molar-refractivity contribution < 1.29 is 22.5 Å². The average Bonchev–Trinajstić information content (AvgIpc) is 3.24. The Morgan fingerprint density at radius 2 is 2.28 bits per heavy atom. The molecular weight excluding hydrogens is 364 g/mol. The average molecular weight is 384 g/mol. The predicted molar refractivity (Wildman–Crippen MR) is 91.6 cm³/mol. The van der Waals surface area contributed by atoms with Crippen LogP contribution in [-0.2, 0) is 26.2 Å². The van der Waals surface area contributed by atoms with Crippen molar-refractivity contribution in [3.63, 3.8) is 0 Å². The van der Waals surface area contributed by atoms with E-state index in [2.05, 4.69) is 5.16 Å². The Hall–Kier alpha value is -1.71. The molecule has 2 aromatic rings. The Bertz CT molecular complexity index is 823. The molecule has 9 heteroatoms. The number of thiophene rings is 1. The van der Waals surface area contributed by atoms with Crippen molar-refractivity contribution in [2.24, 2.45) is 5.92 Å². The Kier molecular flexibility index (Phi) is 5.26. The van der Waals surface area contributed by atoms with Crippen LogP contribution in [0.25, 0.3) is 0 Å². The first-order chi connectivity index (χ1) is 11.9. The Balaban J connectivity index is 1.64. The van der Waals surface area contributed by atoms with Gasteiger partial charge in [-0.25, -0.2) is 8.42 Å². The predicted octanol–water partition coefficient (Wildman–Crippen LogP) is 2.50. The van der Waals surface area contributed by atoms with Gasteiger partial charge in [-0.2, -0.15) is 4.31 Å². The van der Waals surface area contributed by atoms with Crippen LogP contribution in [0.15, 0.2) is 26.2 Å². The van der Waals surface area contributed by atoms with E-state index in [1.807, 2.05) is 0 Å². The first-order valence-electron chi connectivity index (χ1n) is 8.01. The van der Waals surface area contributed by atoms with E-state index in [0.29, 0.717) is 35.0 Å². The summed E-state index contributed by atoms with van der Waals surface area (Å²) in [6.45, 7) is 4.22. The molecule has 1 fully saturated rings. The summed E-state index contributed by atoms with van der Waals surface area (Å²) < 4.78 is 37.3. The zero-order valence-corrected chi connectivity index (χ0v) is 15.7. The van der Waals surface area contributed by atoms with Crippen LogP contribution in [-0.4, -0.2) is 36.9 Å². The Morgan fingerprint density at radius 1 is 1.48 bits per heavy atom. The highest BCUT2D eigenvalue weighted by molar-refractivity contribution is 7.91. The maximum atomic E-state index is 12.6. The quantitative estimate of drug-likeness (QED) is 0.736. The van der Waals surface area contributed by atoms with Gasteiger partial charge in [-0.3, -0.25) is 4.79 Å². The molecule has 2 aromatic heterocycles. The van der Waals surface area contributed by atoms with Crippen LogP contribution in [0.1, 0.15) is 29.9 Å². The molecule has 1 aliphatic rings. The molecular formula is C16H20N2O5S2. The minimum absolute atomic E-state index is 0.0914. The number of esters is 1. The van der Waals surface area contributed by atoms with Gasteiger partial charge in [0, 0.05) is 13.1 Å². The second-order valence-electron chi connectivity index (χ2n) is 6.04. The van der Waals surface area contributed by atoms with Crippen LogP contribution in [0.4, 0.5) is 0 Å². The third kappa shape index (κ3) is 3.78. The third-order valence-electron chi connectivity index (χ3n) is 4.35. The van der Waals surface area contributed by atoms with Crippen molar-refractivity contribution in [2.45, 2.75) is 37.5 Å². The first kappa shape index (κ1) is 18.1. The zero-order chi connectivity index (χ0) is 18.0. The number of aryl methyl sites for hydroxylation is 2. The molecule has 25 heavy (non-hydrogen) atoms. The number of piperidine rings is 1. The summed E-state index contributed by atoms with van der Waals surface area (Å²) in [6.07, 6.45) is 1.26. The molecule has 7 nitrogen and oxygen atoms in total. The highest BCUT2D eigenvalue weighted by atomic mass is 32.2. The fourth-order valence-electron chi connectivity index (χ4n) is 2.86. The van der Waals surface area contributed by atoms with E-state index in [4.69, 9.17) is 9.26 Å². The number of carbonyl (C=O) groups excluding carboxylic acids is 1. The van der Waals surface area contributed by atoms with Crippen LogP contribution in [0.5, 0.6) is 0 Å². The SMILES string of the molecule is Cc1noc(C)c1COC(=O)C1CCCN(S(=O)(=O)c2cccs2)C1.